The van der Waals surface area contributed by atoms with Crippen LogP contribution >= 0.6 is 11.6 Å². The van der Waals surface area contributed by atoms with Crippen molar-refractivity contribution in [3.05, 3.63) is 93.8 Å². The van der Waals surface area contributed by atoms with Crippen LogP contribution in [0.2, 0.25) is 5.02 Å². The molecular formula is C30H28ClN9O3. The summed E-state index contributed by atoms with van der Waals surface area (Å²) in [6.07, 6.45) is 5.08. The van der Waals surface area contributed by atoms with Crippen LogP contribution in [0.25, 0.3) is 28.3 Å². The van der Waals surface area contributed by atoms with E-state index in [9.17, 15) is 9.59 Å². The Kier molecular flexibility index (Phi) is 7.38. The molecule has 4 heterocycles. The first-order chi connectivity index (χ1) is 20.7. The number of methoxy groups -OCH3 is 1. The van der Waals surface area contributed by atoms with E-state index in [1.54, 1.807) is 92.9 Å². The van der Waals surface area contributed by atoms with Gasteiger partial charge in [0.25, 0.3) is 11.5 Å². The minimum atomic E-state index is -0.532. The van der Waals surface area contributed by atoms with Crippen LogP contribution in [0.3, 0.4) is 0 Å². The molecule has 5 aromatic rings. The van der Waals surface area contributed by atoms with Crippen molar-refractivity contribution in [2.75, 3.05) is 36.1 Å². The van der Waals surface area contributed by atoms with Crippen LogP contribution in [0, 0.1) is 6.92 Å². The highest BCUT2D eigenvalue weighted by Crippen LogP contribution is 2.28. The molecule has 12 nitrogen and oxygen atoms in total. The van der Waals surface area contributed by atoms with Crippen LogP contribution in [0.5, 0.6) is 0 Å². The Balaban J connectivity index is 1.23. The van der Waals surface area contributed by atoms with Gasteiger partial charge in [0.2, 0.25) is 0 Å². The van der Waals surface area contributed by atoms with Gasteiger partial charge in [0.05, 0.1) is 41.1 Å². The summed E-state index contributed by atoms with van der Waals surface area (Å²) in [5.41, 5.74) is 9.47. The van der Waals surface area contributed by atoms with E-state index in [1.165, 1.54) is 4.68 Å². The number of hydrogen-bond donors (Lipinski definition) is 2. The minimum Gasteiger partial charge on any atom is -0.382 e. The van der Waals surface area contributed by atoms with Crippen LogP contribution in [0.4, 0.5) is 17.3 Å². The van der Waals surface area contributed by atoms with Crippen molar-refractivity contribution in [1.29, 1.82) is 0 Å². The number of hydrogen-bond acceptors (Lipinski definition) is 9. The Morgan fingerprint density at radius 3 is 2.49 bits per heavy atom. The maximum absolute atomic E-state index is 13.3. The molecule has 2 aromatic carbocycles. The summed E-state index contributed by atoms with van der Waals surface area (Å²) in [5, 5.41) is 3.21. The van der Waals surface area contributed by atoms with Gasteiger partial charge in [0.1, 0.15) is 34.3 Å². The number of nitrogens with zero attached hydrogens (tertiary/aromatic N) is 7. The third-order valence-electron chi connectivity index (χ3n) is 7.47. The van der Waals surface area contributed by atoms with Gasteiger partial charge >= 0.3 is 0 Å². The first-order valence-corrected chi connectivity index (χ1v) is 13.8. The lowest BCUT2D eigenvalue weighted by Gasteiger charge is -2.38. The average Bonchev–Trinajstić information content (AvgIpc) is 3.21. The molecule has 0 atom stereocenters. The quantitative estimate of drug-likeness (QED) is 0.286. The smallest absolute Gasteiger partial charge is 0.284 e. The lowest BCUT2D eigenvalue weighted by Crippen LogP contribution is -2.52. The van der Waals surface area contributed by atoms with E-state index in [0.717, 1.165) is 18.9 Å². The van der Waals surface area contributed by atoms with Crippen LogP contribution in [-0.2, 0) is 11.8 Å². The lowest BCUT2D eigenvalue weighted by atomic mass is 10.1. The van der Waals surface area contributed by atoms with Gasteiger partial charge in [0.15, 0.2) is 0 Å². The third kappa shape index (κ3) is 5.22. The van der Waals surface area contributed by atoms with Crippen LogP contribution in [-0.4, -0.2) is 61.5 Å². The number of anilines is 3. The fraction of sp³-hybridized carbons (Fsp3) is 0.200. The van der Waals surface area contributed by atoms with E-state index in [4.69, 9.17) is 32.0 Å². The molecule has 3 N–H and O–H groups in total. The highest BCUT2D eigenvalue weighted by Gasteiger charge is 2.28. The first-order valence-electron chi connectivity index (χ1n) is 13.4. The molecule has 1 aliphatic heterocycles. The largest absolute Gasteiger partial charge is 0.382 e. The fourth-order valence-corrected chi connectivity index (χ4v) is 5.13. The average molecular weight is 598 g/mol. The summed E-state index contributed by atoms with van der Waals surface area (Å²) >= 11 is 6.33. The number of carbonyl (C=O) groups is 1. The Morgan fingerprint density at radius 1 is 1.05 bits per heavy atom. The molecule has 0 spiro atoms. The van der Waals surface area contributed by atoms with E-state index < -0.39 is 11.5 Å². The Labute approximate surface area is 251 Å². The SMILES string of the molecule is COC1CN(c2cncc(-c3cnc(N)c(-c4ccc(NC(=O)c5c(C)n(C)n(-c6ccccc6Cl)c5=O)cc4)n3)n2)C1. The standard InChI is InChI=1S/C30H28ClN9O3/c1-17-26(30(42)40(38(17)2)24-7-5-4-6-21(24)31)29(41)35-19-10-8-18(9-11-19)27-28(32)34-13-23(37-27)22-12-33-14-25(36-22)39-15-20(16-39)43-3/h4-14,20H,15-16H2,1-3H3,(H2,32,34)(H,35,41). The van der Waals surface area contributed by atoms with Gasteiger partial charge in [0, 0.05) is 38.5 Å². The van der Waals surface area contributed by atoms with Crippen molar-refractivity contribution in [2.45, 2.75) is 13.0 Å². The highest BCUT2D eigenvalue weighted by atomic mass is 35.5. The number of amides is 1. The lowest BCUT2D eigenvalue weighted by molar-refractivity contribution is 0.0783. The van der Waals surface area contributed by atoms with E-state index >= 15 is 0 Å². The topological polar surface area (TPSA) is 146 Å². The van der Waals surface area contributed by atoms with Gasteiger partial charge in [-0.05, 0) is 31.2 Å². The van der Waals surface area contributed by atoms with E-state index in [2.05, 4.69) is 20.2 Å². The Hall–Kier alpha value is -5.07. The van der Waals surface area contributed by atoms with Gasteiger partial charge in [-0.1, -0.05) is 35.9 Å². The Morgan fingerprint density at radius 2 is 1.77 bits per heavy atom. The summed E-state index contributed by atoms with van der Waals surface area (Å²) in [5.74, 6) is 0.448. The summed E-state index contributed by atoms with van der Waals surface area (Å²) < 4.78 is 8.34. The normalized spacial score (nSPS) is 13.2. The molecule has 0 saturated carbocycles. The van der Waals surface area contributed by atoms with Gasteiger partial charge in [-0.2, -0.15) is 0 Å². The number of para-hydroxylation sites is 1. The molecule has 43 heavy (non-hydrogen) atoms. The van der Waals surface area contributed by atoms with Crippen LogP contribution in [0.1, 0.15) is 16.1 Å². The van der Waals surface area contributed by atoms with E-state index in [-0.39, 0.29) is 17.5 Å². The maximum Gasteiger partial charge on any atom is 0.284 e. The summed E-state index contributed by atoms with van der Waals surface area (Å²) in [6, 6.07) is 13.9. The van der Waals surface area contributed by atoms with Crippen molar-refractivity contribution in [2.24, 2.45) is 7.05 Å². The van der Waals surface area contributed by atoms with Crippen molar-refractivity contribution >= 4 is 34.8 Å². The summed E-state index contributed by atoms with van der Waals surface area (Å²) in [7, 11) is 3.40. The maximum atomic E-state index is 13.3. The molecule has 13 heteroatoms. The number of rotatable bonds is 7. The van der Waals surface area contributed by atoms with Crippen LogP contribution < -0.4 is 21.5 Å². The third-order valence-corrected chi connectivity index (χ3v) is 7.79. The molecule has 1 fully saturated rings. The second-order valence-electron chi connectivity index (χ2n) is 10.1. The number of benzene rings is 2. The molecule has 6 rings (SSSR count). The highest BCUT2D eigenvalue weighted by molar-refractivity contribution is 6.32. The van der Waals surface area contributed by atoms with Crippen LogP contribution in [0.15, 0.2) is 71.9 Å². The molecule has 1 amide bonds. The molecule has 0 unspecified atom stereocenters. The molecular weight excluding hydrogens is 570 g/mol. The number of ether oxygens (including phenoxy) is 1. The number of halogens is 1. The Bertz CT molecular complexity index is 1900. The second-order valence-corrected chi connectivity index (χ2v) is 10.5. The molecule has 218 valence electrons. The monoisotopic (exact) mass is 597 g/mol. The van der Waals surface area contributed by atoms with E-state index in [1.807, 2.05) is 0 Å². The van der Waals surface area contributed by atoms with Crippen molar-refractivity contribution in [3.63, 3.8) is 0 Å². The van der Waals surface area contributed by atoms with Crippen molar-refractivity contribution in [1.82, 2.24) is 29.3 Å². The zero-order chi connectivity index (χ0) is 30.2. The molecule has 1 saturated heterocycles. The van der Waals surface area contributed by atoms with Gasteiger partial charge in [-0.15, -0.1) is 0 Å². The first kappa shape index (κ1) is 28.1. The zero-order valence-corrected chi connectivity index (χ0v) is 24.4. The predicted octanol–water partition coefficient (Wildman–Crippen LogP) is 3.72. The van der Waals surface area contributed by atoms with E-state index in [0.29, 0.717) is 44.7 Å². The number of carbonyl (C=O) groups excluding carboxylic acids is 1. The predicted molar refractivity (Wildman–Crippen MR) is 165 cm³/mol. The number of nitrogen functional groups attached to an aromatic ring is 1. The molecule has 3 aromatic heterocycles. The zero-order valence-electron chi connectivity index (χ0n) is 23.7. The van der Waals surface area contributed by atoms with Gasteiger partial charge in [-0.25, -0.2) is 19.6 Å². The van der Waals surface area contributed by atoms with Gasteiger partial charge < -0.3 is 20.7 Å². The second kappa shape index (κ2) is 11.3. The number of nitrogens with two attached hydrogens (primary N) is 1. The number of nitrogens with one attached hydrogen (secondary N) is 1. The molecule has 1 aliphatic rings. The summed E-state index contributed by atoms with van der Waals surface area (Å²) in [6.45, 7) is 3.20. The molecule has 0 aliphatic carbocycles. The fourth-order valence-electron chi connectivity index (χ4n) is 4.91. The minimum absolute atomic E-state index is 0.0219. The van der Waals surface area contributed by atoms with Crippen molar-refractivity contribution in [3.8, 4) is 28.3 Å². The molecule has 0 bridgehead atoms. The number of aromatic nitrogens is 6. The van der Waals surface area contributed by atoms with Crippen molar-refractivity contribution < 1.29 is 9.53 Å². The summed E-state index contributed by atoms with van der Waals surface area (Å²) in [4.78, 5) is 46.7. The molecule has 0 radical (unpaired) electrons. The van der Waals surface area contributed by atoms with Gasteiger partial charge in [-0.3, -0.25) is 19.3 Å².